The smallest absolute Gasteiger partial charge is 0.161 e. The van der Waals surface area contributed by atoms with Crippen LogP contribution in [0.2, 0.25) is 0 Å². The Bertz CT molecular complexity index is 490. The van der Waals surface area contributed by atoms with Gasteiger partial charge in [0.25, 0.3) is 0 Å². The molecule has 3 nitrogen and oxygen atoms in total. The van der Waals surface area contributed by atoms with Crippen LogP contribution in [0.25, 0.3) is 0 Å². The summed E-state index contributed by atoms with van der Waals surface area (Å²) in [6, 6.07) is 5.53. The molecule has 1 fully saturated rings. The second-order valence-corrected chi connectivity index (χ2v) is 4.91. The van der Waals surface area contributed by atoms with E-state index < -0.39 is 5.60 Å². The number of ether oxygens (including phenoxy) is 2. The van der Waals surface area contributed by atoms with E-state index in [9.17, 15) is 5.11 Å². The monoisotopic (exact) mass is 260 g/mol. The normalized spacial score (nSPS) is 17.2. The first-order valence-electron chi connectivity index (χ1n) is 6.64. The first kappa shape index (κ1) is 13.8. The van der Waals surface area contributed by atoms with E-state index in [1.54, 1.807) is 14.2 Å². The summed E-state index contributed by atoms with van der Waals surface area (Å²) in [5.41, 5.74) is 0.0162. The number of hydrogen-bond acceptors (Lipinski definition) is 3. The largest absolute Gasteiger partial charge is 0.493 e. The van der Waals surface area contributed by atoms with E-state index in [1.165, 1.54) is 6.42 Å². The molecule has 1 aliphatic rings. The third-order valence-corrected chi connectivity index (χ3v) is 3.50. The van der Waals surface area contributed by atoms with Crippen molar-refractivity contribution in [1.82, 2.24) is 0 Å². The van der Waals surface area contributed by atoms with E-state index in [4.69, 9.17) is 9.47 Å². The van der Waals surface area contributed by atoms with Crippen LogP contribution in [0.15, 0.2) is 18.2 Å². The van der Waals surface area contributed by atoms with Gasteiger partial charge in [0.2, 0.25) is 0 Å². The minimum atomic E-state index is -0.814. The maximum atomic E-state index is 10.3. The molecule has 0 saturated heterocycles. The molecular formula is C16H20O3. The SMILES string of the molecule is COc1ccc(C#CC2(O)CCCCC2)cc1OC. The van der Waals surface area contributed by atoms with Gasteiger partial charge in [0.15, 0.2) is 11.5 Å². The molecule has 0 aliphatic heterocycles. The molecular weight excluding hydrogens is 240 g/mol. The molecule has 0 radical (unpaired) electrons. The molecule has 0 unspecified atom stereocenters. The van der Waals surface area contributed by atoms with Crippen molar-refractivity contribution in [1.29, 1.82) is 0 Å². The Morgan fingerprint density at radius 1 is 1.05 bits per heavy atom. The Labute approximate surface area is 114 Å². The van der Waals surface area contributed by atoms with E-state index in [1.807, 2.05) is 18.2 Å². The van der Waals surface area contributed by atoms with Crippen molar-refractivity contribution in [2.75, 3.05) is 14.2 Å². The molecule has 0 spiro atoms. The molecule has 0 heterocycles. The first-order chi connectivity index (χ1) is 9.17. The van der Waals surface area contributed by atoms with Crippen molar-refractivity contribution in [2.45, 2.75) is 37.7 Å². The van der Waals surface area contributed by atoms with Crippen molar-refractivity contribution in [2.24, 2.45) is 0 Å². The van der Waals surface area contributed by atoms with Gasteiger partial charge in [-0.25, -0.2) is 0 Å². The Hall–Kier alpha value is -1.66. The van der Waals surface area contributed by atoms with Gasteiger partial charge in [-0.15, -0.1) is 0 Å². The third-order valence-electron chi connectivity index (χ3n) is 3.50. The molecule has 1 aromatic rings. The highest BCUT2D eigenvalue weighted by Crippen LogP contribution is 2.29. The summed E-state index contributed by atoms with van der Waals surface area (Å²) in [5, 5.41) is 10.3. The quantitative estimate of drug-likeness (QED) is 0.831. The second kappa shape index (κ2) is 5.99. The number of methoxy groups -OCH3 is 2. The standard InChI is InChI=1S/C16H20O3/c1-18-14-7-6-13(12-15(14)19-2)8-11-16(17)9-4-3-5-10-16/h6-7,12,17H,3-5,9-10H2,1-2H3. The average Bonchev–Trinajstić information content (AvgIpc) is 2.45. The van der Waals surface area contributed by atoms with Crippen LogP contribution < -0.4 is 9.47 Å². The Kier molecular flexibility index (Phi) is 4.34. The lowest BCUT2D eigenvalue weighted by molar-refractivity contribution is 0.0610. The van der Waals surface area contributed by atoms with Crippen molar-refractivity contribution < 1.29 is 14.6 Å². The van der Waals surface area contributed by atoms with Gasteiger partial charge in [0.1, 0.15) is 5.60 Å². The van der Waals surface area contributed by atoms with Crippen molar-refractivity contribution in [3.8, 4) is 23.3 Å². The molecule has 2 rings (SSSR count). The van der Waals surface area contributed by atoms with Crippen LogP contribution >= 0.6 is 0 Å². The molecule has 1 saturated carbocycles. The third kappa shape index (κ3) is 3.42. The van der Waals surface area contributed by atoms with Gasteiger partial charge in [-0.1, -0.05) is 18.3 Å². The van der Waals surface area contributed by atoms with E-state index in [0.717, 1.165) is 31.2 Å². The molecule has 102 valence electrons. The lowest BCUT2D eigenvalue weighted by Crippen LogP contribution is -2.29. The van der Waals surface area contributed by atoms with Gasteiger partial charge in [-0.05, 0) is 43.9 Å². The van der Waals surface area contributed by atoms with Crippen LogP contribution in [0, 0.1) is 11.8 Å². The van der Waals surface area contributed by atoms with Crippen molar-refractivity contribution in [3.63, 3.8) is 0 Å². The van der Waals surface area contributed by atoms with Crippen molar-refractivity contribution in [3.05, 3.63) is 23.8 Å². The Morgan fingerprint density at radius 2 is 1.74 bits per heavy atom. The maximum absolute atomic E-state index is 10.3. The number of benzene rings is 1. The highest BCUT2D eigenvalue weighted by molar-refractivity contribution is 5.48. The minimum Gasteiger partial charge on any atom is -0.493 e. The van der Waals surface area contributed by atoms with Crippen LogP contribution in [0.1, 0.15) is 37.7 Å². The zero-order valence-corrected chi connectivity index (χ0v) is 11.5. The van der Waals surface area contributed by atoms with Crippen LogP contribution in [0.5, 0.6) is 11.5 Å². The summed E-state index contributed by atoms with van der Waals surface area (Å²) in [6.45, 7) is 0. The lowest BCUT2D eigenvalue weighted by Gasteiger charge is -2.26. The van der Waals surface area contributed by atoms with E-state index in [2.05, 4.69) is 11.8 Å². The maximum Gasteiger partial charge on any atom is 0.161 e. The zero-order valence-electron chi connectivity index (χ0n) is 11.5. The molecule has 0 amide bonds. The Balaban J connectivity index is 2.19. The number of aliphatic hydroxyl groups is 1. The summed E-state index contributed by atoms with van der Waals surface area (Å²) in [6.07, 6.45) is 4.84. The number of hydrogen-bond donors (Lipinski definition) is 1. The molecule has 1 N–H and O–H groups in total. The molecule has 1 aliphatic carbocycles. The van der Waals surface area contributed by atoms with Gasteiger partial charge in [0, 0.05) is 5.56 Å². The van der Waals surface area contributed by atoms with Crippen LogP contribution in [-0.2, 0) is 0 Å². The summed E-state index contributed by atoms with van der Waals surface area (Å²) >= 11 is 0. The fourth-order valence-corrected chi connectivity index (χ4v) is 2.36. The predicted octanol–water partition coefficient (Wildman–Crippen LogP) is 2.75. The summed E-state index contributed by atoms with van der Waals surface area (Å²) in [5.74, 6) is 7.40. The fraction of sp³-hybridized carbons (Fsp3) is 0.500. The minimum absolute atomic E-state index is 0.657. The van der Waals surface area contributed by atoms with E-state index >= 15 is 0 Å². The second-order valence-electron chi connectivity index (χ2n) is 4.91. The molecule has 0 bridgehead atoms. The molecule has 3 heteroatoms. The van der Waals surface area contributed by atoms with E-state index in [-0.39, 0.29) is 0 Å². The van der Waals surface area contributed by atoms with Gasteiger partial charge in [0.05, 0.1) is 14.2 Å². The topological polar surface area (TPSA) is 38.7 Å². The average molecular weight is 260 g/mol. The van der Waals surface area contributed by atoms with Crippen LogP contribution in [-0.4, -0.2) is 24.9 Å². The number of rotatable bonds is 2. The van der Waals surface area contributed by atoms with Gasteiger partial charge < -0.3 is 14.6 Å². The first-order valence-corrected chi connectivity index (χ1v) is 6.64. The molecule has 0 atom stereocenters. The van der Waals surface area contributed by atoms with Crippen LogP contribution in [0.3, 0.4) is 0 Å². The van der Waals surface area contributed by atoms with E-state index in [0.29, 0.717) is 11.5 Å². The zero-order chi connectivity index (χ0) is 13.7. The molecule has 19 heavy (non-hydrogen) atoms. The van der Waals surface area contributed by atoms with Crippen molar-refractivity contribution >= 4 is 0 Å². The summed E-state index contributed by atoms with van der Waals surface area (Å²) in [4.78, 5) is 0. The predicted molar refractivity (Wildman–Crippen MR) is 74.5 cm³/mol. The fourth-order valence-electron chi connectivity index (χ4n) is 2.36. The van der Waals surface area contributed by atoms with Gasteiger partial charge >= 0.3 is 0 Å². The molecule has 0 aromatic heterocycles. The molecule has 1 aromatic carbocycles. The highest BCUT2D eigenvalue weighted by Gasteiger charge is 2.26. The Morgan fingerprint density at radius 3 is 2.37 bits per heavy atom. The van der Waals surface area contributed by atoms with Gasteiger partial charge in [-0.2, -0.15) is 0 Å². The lowest BCUT2D eigenvalue weighted by atomic mass is 9.85. The van der Waals surface area contributed by atoms with Gasteiger partial charge in [-0.3, -0.25) is 0 Å². The van der Waals surface area contributed by atoms with Crippen LogP contribution in [0.4, 0.5) is 0 Å². The summed E-state index contributed by atoms with van der Waals surface area (Å²) in [7, 11) is 3.21. The summed E-state index contributed by atoms with van der Waals surface area (Å²) < 4.78 is 10.4. The highest BCUT2D eigenvalue weighted by atomic mass is 16.5.